The number of non-ortho nitro benzene ring substituents is 1. The average molecular weight is 337 g/mol. The number of nitro groups is 1. The summed E-state index contributed by atoms with van der Waals surface area (Å²) in [5.41, 5.74) is 4.84. The number of amides is 3. The first-order valence-corrected chi connectivity index (χ1v) is 7.45. The molecule has 0 saturated carbocycles. The van der Waals surface area contributed by atoms with E-state index in [1.54, 1.807) is 0 Å². The van der Waals surface area contributed by atoms with Gasteiger partial charge in [0.2, 0.25) is 5.91 Å². The molecule has 1 fully saturated rings. The van der Waals surface area contributed by atoms with Crippen molar-refractivity contribution in [3.05, 3.63) is 34.4 Å². The van der Waals surface area contributed by atoms with Gasteiger partial charge in [-0.1, -0.05) is 0 Å². The largest absolute Gasteiger partial charge is 0.379 e. The summed E-state index contributed by atoms with van der Waals surface area (Å²) in [7, 11) is 0. The molecule has 0 bridgehead atoms. The molecule has 1 aliphatic heterocycles. The summed E-state index contributed by atoms with van der Waals surface area (Å²) in [5, 5.41) is 13.0. The van der Waals surface area contributed by atoms with Crippen molar-refractivity contribution in [2.45, 2.75) is 6.42 Å². The fourth-order valence-electron chi connectivity index (χ4n) is 2.10. The number of ether oxygens (including phenoxy) is 1. The van der Waals surface area contributed by atoms with Crippen LogP contribution in [0.2, 0.25) is 0 Å². The highest BCUT2D eigenvalue weighted by atomic mass is 16.6. The molecule has 0 radical (unpaired) electrons. The Hall–Kier alpha value is -2.72. The minimum atomic E-state index is -0.636. The van der Waals surface area contributed by atoms with Gasteiger partial charge in [-0.25, -0.2) is 10.2 Å². The van der Waals surface area contributed by atoms with Gasteiger partial charge in [-0.05, 0) is 12.1 Å². The van der Waals surface area contributed by atoms with Crippen LogP contribution < -0.4 is 16.2 Å². The van der Waals surface area contributed by atoms with E-state index in [4.69, 9.17) is 4.74 Å². The van der Waals surface area contributed by atoms with Crippen LogP contribution in [-0.4, -0.2) is 54.6 Å². The van der Waals surface area contributed by atoms with Crippen molar-refractivity contribution in [2.24, 2.45) is 0 Å². The van der Waals surface area contributed by atoms with Gasteiger partial charge < -0.3 is 10.1 Å². The van der Waals surface area contributed by atoms with Crippen LogP contribution in [0.15, 0.2) is 24.3 Å². The van der Waals surface area contributed by atoms with E-state index in [0.29, 0.717) is 25.4 Å². The van der Waals surface area contributed by atoms with Crippen molar-refractivity contribution < 1.29 is 19.2 Å². The Labute approximate surface area is 138 Å². The summed E-state index contributed by atoms with van der Waals surface area (Å²) in [6.07, 6.45) is 0.262. The minimum Gasteiger partial charge on any atom is -0.379 e. The van der Waals surface area contributed by atoms with E-state index in [-0.39, 0.29) is 18.0 Å². The van der Waals surface area contributed by atoms with Gasteiger partial charge in [-0.3, -0.25) is 25.2 Å². The van der Waals surface area contributed by atoms with Crippen LogP contribution in [0, 0.1) is 10.1 Å². The van der Waals surface area contributed by atoms with Crippen molar-refractivity contribution in [1.29, 1.82) is 0 Å². The van der Waals surface area contributed by atoms with Gasteiger partial charge in [-0.15, -0.1) is 0 Å². The normalized spacial score (nSPS) is 14.7. The zero-order valence-electron chi connectivity index (χ0n) is 13.0. The van der Waals surface area contributed by atoms with Crippen LogP contribution in [0.4, 0.5) is 16.2 Å². The van der Waals surface area contributed by atoms with Gasteiger partial charge >= 0.3 is 6.03 Å². The fraction of sp³-hybridized carbons (Fsp3) is 0.429. The van der Waals surface area contributed by atoms with Gasteiger partial charge in [0.25, 0.3) is 5.69 Å². The third-order valence-corrected chi connectivity index (χ3v) is 3.41. The van der Waals surface area contributed by atoms with Crippen molar-refractivity contribution in [2.75, 3.05) is 38.2 Å². The molecule has 10 heteroatoms. The second kappa shape index (κ2) is 8.79. The number of hydrogen-bond acceptors (Lipinski definition) is 6. The summed E-state index contributed by atoms with van der Waals surface area (Å²) in [6.45, 7) is 3.51. The van der Waals surface area contributed by atoms with E-state index in [1.165, 1.54) is 24.3 Å². The van der Waals surface area contributed by atoms with Gasteiger partial charge in [0.15, 0.2) is 0 Å². The van der Waals surface area contributed by atoms with E-state index < -0.39 is 11.0 Å². The van der Waals surface area contributed by atoms with E-state index in [0.717, 1.165) is 13.1 Å². The maximum Gasteiger partial charge on any atom is 0.337 e. The Morgan fingerprint density at radius 1 is 1.17 bits per heavy atom. The first-order chi connectivity index (χ1) is 11.5. The summed E-state index contributed by atoms with van der Waals surface area (Å²) in [5.74, 6) is -0.305. The number of nitro benzene ring substituents is 1. The molecule has 1 heterocycles. The van der Waals surface area contributed by atoms with E-state index >= 15 is 0 Å². The first kappa shape index (κ1) is 17.6. The third-order valence-electron chi connectivity index (χ3n) is 3.41. The van der Waals surface area contributed by atoms with Crippen LogP contribution in [0.1, 0.15) is 6.42 Å². The topological polar surface area (TPSA) is 126 Å². The van der Waals surface area contributed by atoms with Crippen molar-refractivity contribution in [3.63, 3.8) is 0 Å². The summed E-state index contributed by atoms with van der Waals surface area (Å²) in [6, 6.07) is 4.71. The summed E-state index contributed by atoms with van der Waals surface area (Å²) < 4.78 is 5.22. The van der Waals surface area contributed by atoms with Crippen molar-refractivity contribution in [1.82, 2.24) is 15.8 Å². The fourth-order valence-corrected chi connectivity index (χ4v) is 2.10. The lowest BCUT2D eigenvalue weighted by molar-refractivity contribution is -0.384. The predicted octanol–water partition coefficient (Wildman–Crippen LogP) is 0.470. The Morgan fingerprint density at radius 2 is 1.83 bits per heavy atom. The lowest BCUT2D eigenvalue weighted by Gasteiger charge is -2.26. The number of nitrogens with one attached hydrogen (secondary N) is 3. The Kier molecular flexibility index (Phi) is 6.46. The quantitative estimate of drug-likeness (QED) is 0.530. The number of rotatable bonds is 5. The lowest BCUT2D eigenvalue weighted by Crippen LogP contribution is -2.45. The number of hydrazine groups is 1. The molecule has 10 nitrogen and oxygen atoms in total. The molecule has 0 aromatic heterocycles. The molecule has 3 amide bonds. The smallest absolute Gasteiger partial charge is 0.337 e. The monoisotopic (exact) mass is 337 g/mol. The number of urea groups is 1. The second-order valence-corrected chi connectivity index (χ2v) is 5.14. The molecule has 1 aromatic carbocycles. The highest BCUT2D eigenvalue weighted by molar-refractivity contribution is 5.90. The van der Waals surface area contributed by atoms with Crippen LogP contribution in [0.25, 0.3) is 0 Å². The zero-order valence-corrected chi connectivity index (χ0v) is 13.0. The van der Waals surface area contributed by atoms with Crippen LogP contribution in [0.3, 0.4) is 0 Å². The second-order valence-electron chi connectivity index (χ2n) is 5.14. The predicted molar refractivity (Wildman–Crippen MR) is 85.3 cm³/mol. The molecule has 3 N–H and O–H groups in total. The molecule has 130 valence electrons. The molecular formula is C14H19N5O5. The summed E-state index contributed by atoms with van der Waals surface area (Å²) in [4.78, 5) is 35.4. The van der Waals surface area contributed by atoms with Crippen LogP contribution in [-0.2, 0) is 9.53 Å². The number of nitrogens with zero attached hydrogens (tertiary/aromatic N) is 2. The molecule has 24 heavy (non-hydrogen) atoms. The molecule has 0 spiro atoms. The standard InChI is InChI=1S/C14H19N5O5/c20-13(5-6-18-7-9-24-10-8-18)16-17-14(21)15-11-1-3-12(4-2-11)19(22)23/h1-4H,5-10H2,(H,16,20)(H2,15,17,21). The van der Waals surface area contributed by atoms with Crippen molar-refractivity contribution >= 4 is 23.3 Å². The molecule has 1 aliphatic rings. The lowest BCUT2D eigenvalue weighted by atomic mass is 10.3. The minimum absolute atomic E-state index is 0.0719. The number of carbonyl (C=O) groups is 2. The van der Waals surface area contributed by atoms with Crippen LogP contribution in [0.5, 0.6) is 0 Å². The molecule has 0 aliphatic carbocycles. The van der Waals surface area contributed by atoms with Crippen LogP contribution >= 0.6 is 0 Å². The molecule has 1 aromatic rings. The van der Waals surface area contributed by atoms with Gasteiger partial charge in [0.1, 0.15) is 0 Å². The van der Waals surface area contributed by atoms with E-state index in [2.05, 4.69) is 21.1 Å². The Bertz CT molecular complexity index is 586. The maximum atomic E-state index is 11.7. The van der Waals surface area contributed by atoms with Gasteiger partial charge in [0.05, 0.1) is 18.1 Å². The molecular weight excluding hydrogens is 318 g/mol. The zero-order chi connectivity index (χ0) is 17.4. The first-order valence-electron chi connectivity index (χ1n) is 7.45. The Morgan fingerprint density at radius 3 is 2.46 bits per heavy atom. The number of carbonyl (C=O) groups excluding carboxylic acids is 2. The molecule has 2 rings (SSSR count). The number of benzene rings is 1. The highest BCUT2D eigenvalue weighted by Crippen LogP contribution is 2.14. The Balaban J connectivity index is 1.66. The van der Waals surface area contributed by atoms with E-state index in [9.17, 15) is 19.7 Å². The number of morpholine rings is 1. The maximum absolute atomic E-state index is 11.7. The number of hydrogen-bond donors (Lipinski definition) is 3. The summed E-state index contributed by atoms with van der Waals surface area (Å²) >= 11 is 0. The average Bonchev–Trinajstić information content (AvgIpc) is 2.59. The van der Waals surface area contributed by atoms with Gasteiger partial charge in [0, 0.05) is 43.9 Å². The van der Waals surface area contributed by atoms with Gasteiger partial charge in [-0.2, -0.15) is 0 Å². The molecule has 1 saturated heterocycles. The van der Waals surface area contributed by atoms with E-state index in [1.807, 2.05) is 0 Å². The van der Waals surface area contributed by atoms with Crippen molar-refractivity contribution in [3.8, 4) is 0 Å². The molecule has 0 atom stereocenters. The number of anilines is 1. The molecule has 0 unspecified atom stereocenters. The highest BCUT2D eigenvalue weighted by Gasteiger charge is 2.12. The SMILES string of the molecule is O=C(CCN1CCOCC1)NNC(=O)Nc1ccc([N+](=O)[O-])cc1. The third kappa shape index (κ3) is 5.82.